The molecule has 0 radical (unpaired) electrons. The van der Waals surface area contributed by atoms with Gasteiger partial charge < -0.3 is 4.90 Å². The number of amides is 1. The van der Waals surface area contributed by atoms with Crippen molar-refractivity contribution in [2.24, 2.45) is 0 Å². The molecule has 3 heterocycles. The first-order valence-electron chi connectivity index (χ1n) is 7.74. The van der Waals surface area contributed by atoms with E-state index in [0.717, 1.165) is 28.9 Å². The zero-order valence-electron chi connectivity index (χ0n) is 12.9. The third-order valence-electron chi connectivity index (χ3n) is 4.25. The van der Waals surface area contributed by atoms with E-state index >= 15 is 0 Å². The molecular weight excluding hydrogens is 324 g/mol. The fourth-order valence-corrected chi connectivity index (χ4v) is 3.15. The van der Waals surface area contributed by atoms with E-state index in [2.05, 4.69) is 15.2 Å². The Balaban J connectivity index is 1.65. The van der Waals surface area contributed by atoms with Crippen LogP contribution in [0.3, 0.4) is 0 Å². The maximum absolute atomic E-state index is 12.9. The van der Waals surface area contributed by atoms with Gasteiger partial charge in [-0.15, -0.1) is 0 Å². The van der Waals surface area contributed by atoms with Crippen LogP contribution < -0.4 is 0 Å². The first-order valence-corrected chi connectivity index (χ1v) is 8.11. The molecule has 1 N–H and O–H groups in total. The molecule has 4 rings (SSSR count). The van der Waals surface area contributed by atoms with E-state index in [-0.39, 0.29) is 5.91 Å². The molecule has 6 heteroatoms. The average Bonchev–Trinajstić information content (AvgIpc) is 3.10. The number of fused-ring (bicyclic) bond motifs is 1. The number of carbonyl (C=O) groups is 1. The molecule has 1 aromatic carbocycles. The first-order chi connectivity index (χ1) is 11.7. The third-order valence-corrected chi connectivity index (χ3v) is 4.57. The highest BCUT2D eigenvalue weighted by Gasteiger charge is 2.24. The molecule has 0 saturated heterocycles. The molecule has 5 nitrogen and oxygen atoms in total. The summed E-state index contributed by atoms with van der Waals surface area (Å²) in [7, 11) is 0. The van der Waals surface area contributed by atoms with Gasteiger partial charge in [0, 0.05) is 42.5 Å². The molecule has 0 bridgehead atoms. The van der Waals surface area contributed by atoms with Gasteiger partial charge >= 0.3 is 0 Å². The van der Waals surface area contributed by atoms with Gasteiger partial charge in [0.15, 0.2) is 0 Å². The van der Waals surface area contributed by atoms with Crippen molar-refractivity contribution in [2.45, 2.75) is 13.0 Å². The first kappa shape index (κ1) is 14.9. The Morgan fingerprint density at radius 3 is 3.00 bits per heavy atom. The lowest BCUT2D eigenvalue weighted by Crippen LogP contribution is -2.35. The Kier molecular flexibility index (Phi) is 3.78. The second-order valence-corrected chi connectivity index (χ2v) is 6.17. The van der Waals surface area contributed by atoms with Gasteiger partial charge in [-0.05, 0) is 24.3 Å². The van der Waals surface area contributed by atoms with Crippen molar-refractivity contribution in [1.82, 2.24) is 20.1 Å². The van der Waals surface area contributed by atoms with Crippen LogP contribution in [-0.4, -0.2) is 32.5 Å². The fraction of sp³-hybridized carbons (Fsp3) is 0.167. The highest BCUT2D eigenvalue weighted by molar-refractivity contribution is 6.34. The molecule has 0 fully saturated rings. The molecule has 0 spiro atoms. The Bertz CT molecular complexity index is 891. The Hall–Kier alpha value is -2.66. The minimum Gasteiger partial charge on any atom is -0.334 e. The van der Waals surface area contributed by atoms with Crippen molar-refractivity contribution < 1.29 is 4.79 Å². The normalized spacial score (nSPS) is 13.6. The number of H-pyrrole nitrogens is 1. The van der Waals surface area contributed by atoms with Gasteiger partial charge in [-0.2, -0.15) is 5.10 Å². The van der Waals surface area contributed by atoms with Gasteiger partial charge in [-0.3, -0.25) is 14.9 Å². The zero-order chi connectivity index (χ0) is 16.5. The number of halogens is 1. The molecule has 0 saturated carbocycles. The standard InChI is InChI=1S/C18H15ClN4O/c19-15-5-4-12(16-3-1-2-7-20-16)9-14(15)18(24)23-8-6-17-13(11-23)10-21-22-17/h1-5,7,9-10H,6,8,11H2,(H,21,22). The number of aromatic amines is 1. The lowest BCUT2D eigenvalue weighted by molar-refractivity contribution is 0.0734. The SMILES string of the molecule is O=C(c1cc(-c2ccccn2)ccc1Cl)N1CCc2[nH]ncc2C1. The van der Waals surface area contributed by atoms with Gasteiger partial charge in [-0.1, -0.05) is 23.7 Å². The van der Waals surface area contributed by atoms with Crippen LogP contribution in [0.5, 0.6) is 0 Å². The van der Waals surface area contributed by atoms with Gasteiger partial charge in [-0.25, -0.2) is 0 Å². The molecule has 24 heavy (non-hydrogen) atoms. The minimum atomic E-state index is -0.0652. The molecule has 0 unspecified atom stereocenters. The van der Waals surface area contributed by atoms with Gasteiger partial charge in [0.05, 0.1) is 22.5 Å². The van der Waals surface area contributed by atoms with Crippen molar-refractivity contribution in [3.63, 3.8) is 0 Å². The molecule has 1 aliphatic rings. The van der Waals surface area contributed by atoms with E-state index in [1.54, 1.807) is 23.4 Å². The zero-order valence-corrected chi connectivity index (χ0v) is 13.6. The summed E-state index contributed by atoms with van der Waals surface area (Å²) in [6, 6.07) is 11.1. The van der Waals surface area contributed by atoms with Crippen LogP contribution in [0.4, 0.5) is 0 Å². The number of aromatic nitrogens is 3. The molecule has 1 amide bonds. The Labute approximate surface area is 144 Å². The van der Waals surface area contributed by atoms with Crippen LogP contribution in [0.1, 0.15) is 21.6 Å². The summed E-state index contributed by atoms with van der Waals surface area (Å²) >= 11 is 6.29. The van der Waals surface area contributed by atoms with E-state index < -0.39 is 0 Å². The van der Waals surface area contributed by atoms with Gasteiger partial charge in [0.25, 0.3) is 5.91 Å². The van der Waals surface area contributed by atoms with E-state index in [9.17, 15) is 4.79 Å². The second kappa shape index (κ2) is 6.09. The number of hydrogen-bond acceptors (Lipinski definition) is 3. The van der Waals surface area contributed by atoms with Crippen LogP contribution in [0.15, 0.2) is 48.8 Å². The van der Waals surface area contributed by atoms with E-state index in [4.69, 9.17) is 11.6 Å². The molecule has 1 aliphatic heterocycles. The Morgan fingerprint density at radius 2 is 2.17 bits per heavy atom. The number of benzene rings is 1. The smallest absolute Gasteiger partial charge is 0.255 e. The quantitative estimate of drug-likeness (QED) is 0.779. The molecule has 0 aliphatic carbocycles. The highest BCUT2D eigenvalue weighted by Crippen LogP contribution is 2.26. The van der Waals surface area contributed by atoms with Crippen molar-refractivity contribution >= 4 is 17.5 Å². The maximum atomic E-state index is 12.9. The molecule has 120 valence electrons. The summed E-state index contributed by atoms with van der Waals surface area (Å²) in [5.41, 5.74) is 4.37. The lowest BCUT2D eigenvalue weighted by Gasteiger charge is -2.27. The second-order valence-electron chi connectivity index (χ2n) is 5.76. The van der Waals surface area contributed by atoms with Crippen LogP contribution in [0, 0.1) is 0 Å². The highest BCUT2D eigenvalue weighted by atomic mass is 35.5. The largest absolute Gasteiger partial charge is 0.334 e. The predicted octanol–water partition coefficient (Wildman–Crippen LogP) is 3.32. The van der Waals surface area contributed by atoms with Crippen LogP contribution >= 0.6 is 11.6 Å². The van der Waals surface area contributed by atoms with Crippen molar-refractivity contribution in [1.29, 1.82) is 0 Å². The number of rotatable bonds is 2. The number of nitrogens with zero attached hydrogens (tertiary/aromatic N) is 3. The van der Waals surface area contributed by atoms with Crippen molar-refractivity contribution in [2.75, 3.05) is 6.54 Å². The number of pyridine rings is 1. The third kappa shape index (κ3) is 2.67. The molecule has 2 aromatic heterocycles. The number of nitrogens with one attached hydrogen (secondary N) is 1. The summed E-state index contributed by atoms with van der Waals surface area (Å²) in [5.74, 6) is -0.0652. The van der Waals surface area contributed by atoms with Gasteiger partial charge in [0.2, 0.25) is 0 Å². The monoisotopic (exact) mass is 338 g/mol. The molecule has 0 atom stereocenters. The summed E-state index contributed by atoms with van der Waals surface area (Å²) in [4.78, 5) is 19.1. The predicted molar refractivity (Wildman–Crippen MR) is 91.7 cm³/mol. The topological polar surface area (TPSA) is 61.9 Å². The van der Waals surface area contributed by atoms with Crippen LogP contribution in [0.2, 0.25) is 5.02 Å². The summed E-state index contributed by atoms with van der Waals surface area (Å²) in [5, 5.41) is 7.48. The maximum Gasteiger partial charge on any atom is 0.255 e. The lowest BCUT2D eigenvalue weighted by atomic mass is 10.0. The Morgan fingerprint density at radius 1 is 1.25 bits per heavy atom. The number of hydrogen-bond donors (Lipinski definition) is 1. The van der Waals surface area contributed by atoms with Crippen molar-refractivity contribution in [3.05, 3.63) is 70.6 Å². The summed E-state index contributed by atoms with van der Waals surface area (Å²) < 4.78 is 0. The van der Waals surface area contributed by atoms with E-state index in [0.29, 0.717) is 23.7 Å². The van der Waals surface area contributed by atoms with Gasteiger partial charge in [0.1, 0.15) is 0 Å². The van der Waals surface area contributed by atoms with Crippen LogP contribution in [-0.2, 0) is 13.0 Å². The molecule has 3 aromatic rings. The fourth-order valence-electron chi connectivity index (χ4n) is 2.95. The summed E-state index contributed by atoms with van der Waals surface area (Å²) in [6.45, 7) is 1.20. The van der Waals surface area contributed by atoms with E-state index in [1.807, 2.05) is 30.3 Å². The average molecular weight is 339 g/mol. The van der Waals surface area contributed by atoms with Crippen LogP contribution in [0.25, 0.3) is 11.3 Å². The number of carbonyl (C=O) groups excluding carboxylic acids is 1. The summed E-state index contributed by atoms with van der Waals surface area (Å²) in [6.07, 6.45) is 4.29. The van der Waals surface area contributed by atoms with E-state index in [1.165, 1.54) is 0 Å². The molecular formula is C18H15ClN4O. The minimum absolute atomic E-state index is 0.0652. The van der Waals surface area contributed by atoms with Crippen molar-refractivity contribution in [3.8, 4) is 11.3 Å².